The highest BCUT2D eigenvalue weighted by Crippen LogP contribution is 2.21. The van der Waals surface area contributed by atoms with Gasteiger partial charge in [-0.05, 0) is 36.9 Å². The van der Waals surface area contributed by atoms with Gasteiger partial charge in [-0.3, -0.25) is 0 Å². The number of aromatic nitrogens is 1. The van der Waals surface area contributed by atoms with Crippen LogP contribution in [-0.4, -0.2) is 27.0 Å². The Labute approximate surface area is 122 Å². The summed E-state index contributed by atoms with van der Waals surface area (Å²) in [5.74, 6) is 2.43. The van der Waals surface area contributed by atoms with Crippen molar-refractivity contribution in [3.63, 3.8) is 0 Å². The monoisotopic (exact) mass is 299 g/mol. The molecule has 0 unspecified atom stereocenters. The molecular formula is C14H25N3O2S. The second-order valence-electron chi connectivity index (χ2n) is 5.62. The lowest BCUT2D eigenvalue weighted by atomic mass is 9.85. The van der Waals surface area contributed by atoms with Crippen LogP contribution in [0.25, 0.3) is 0 Å². The summed E-state index contributed by atoms with van der Waals surface area (Å²) >= 11 is 0. The predicted octanol–water partition coefficient (Wildman–Crippen LogP) is 2.33. The fourth-order valence-electron chi connectivity index (χ4n) is 2.23. The normalized spacial score (nSPS) is 12.4. The molecule has 0 aromatic carbocycles. The molecular weight excluding hydrogens is 274 g/mol. The number of hydrogen-bond donors (Lipinski definition) is 2. The zero-order valence-electron chi connectivity index (χ0n) is 12.8. The van der Waals surface area contributed by atoms with Crippen LogP contribution in [0.15, 0.2) is 23.2 Å². The Hall–Kier alpha value is -1.14. The average molecular weight is 299 g/mol. The molecule has 114 valence electrons. The van der Waals surface area contributed by atoms with Crippen LogP contribution >= 0.6 is 0 Å². The first kappa shape index (κ1) is 16.9. The summed E-state index contributed by atoms with van der Waals surface area (Å²) in [5.41, 5.74) is 0. The molecule has 0 radical (unpaired) electrons. The molecule has 1 aromatic heterocycles. The average Bonchev–Trinajstić information content (AvgIpc) is 2.38. The van der Waals surface area contributed by atoms with Crippen LogP contribution in [0.5, 0.6) is 0 Å². The van der Waals surface area contributed by atoms with E-state index in [0.29, 0.717) is 23.6 Å². The SMILES string of the molecule is CNS(=O)(=O)c1ccc(NCC(C(C)C)C(C)C)nc1. The van der Waals surface area contributed by atoms with Gasteiger partial charge in [0.05, 0.1) is 0 Å². The van der Waals surface area contributed by atoms with Gasteiger partial charge >= 0.3 is 0 Å². The van der Waals surface area contributed by atoms with Gasteiger partial charge in [0.25, 0.3) is 0 Å². The van der Waals surface area contributed by atoms with Gasteiger partial charge in [-0.2, -0.15) is 0 Å². The summed E-state index contributed by atoms with van der Waals surface area (Å²) in [5, 5.41) is 3.28. The first-order chi connectivity index (χ1) is 9.27. The molecule has 0 aliphatic heterocycles. The topological polar surface area (TPSA) is 71.1 Å². The van der Waals surface area contributed by atoms with Gasteiger partial charge in [0, 0.05) is 12.7 Å². The van der Waals surface area contributed by atoms with Crippen molar-refractivity contribution < 1.29 is 8.42 Å². The van der Waals surface area contributed by atoms with Gasteiger partial charge in [0.2, 0.25) is 10.0 Å². The Kier molecular flexibility index (Phi) is 5.95. The molecule has 0 saturated heterocycles. The number of nitrogens with one attached hydrogen (secondary N) is 2. The van der Waals surface area contributed by atoms with E-state index < -0.39 is 10.0 Å². The van der Waals surface area contributed by atoms with Gasteiger partial charge in [-0.25, -0.2) is 18.1 Å². The van der Waals surface area contributed by atoms with Crippen molar-refractivity contribution in [1.82, 2.24) is 9.71 Å². The Morgan fingerprint density at radius 1 is 1.15 bits per heavy atom. The van der Waals surface area contributed by atoms with Crippen molar-refractivity contribution in [3.8, 4) is 0 Å². The van der Waals surface area contributed by atoms with Crippen molar-refractivity contribution in [2.24, 2.45) is 17.8 Å². The molecule has 0 aliphatic rings. The van der Waals surface area contributed by atoms with E-state index in [-0.39, 0.29) is 4.90 Å². The van der Waals surface area contributed by atoms with Crippen LogP contribution in [0.3, 0.4) is 0 Å². The zero-order chi connectivity index (χ0) is 15.3. The second-order valence-corrected chi connectivity index (χ2v) is 7.51. The number of sulfonamides is 1. The zero-order valence-corrected chi connectivity index (χ0v) is 13.7. The highest BCUT2D eigenvalue weighted by atomic mass is 32.2. The van der Waals surface area contributed by atoms with Crippen molar-refractivity contribution in [2.75, 3.05) is 18.9 Å². The first-order valence-corrected chi connectivity index (χ1v) is 8.39. The summed E-state index contributed by atoms with van der Waals surface area (Å²) < 4.78 is 25.4. The molecule has 1 heterocycles. The third-order valence-corrected chi connectivity index (χ3v) is 4.95. The second kappa shape index (κ2) is 7.04. The smallest absolute Gasteiger partial charge is 0.241 e. The molecule has 6 heteroatoms. The van der Waals surface area contributed by atoms with E-state index in [9.17, 15) is 8.42 Å². The highest BCUT2D eigenvalue weighted by molar-refractivity contribution is 7.89. The lowest BCUT2D eigenvalue weighted by molar-refractivity contribution is 0.304. The quantitative estimate of drug-likeness (QED) is 0.810. The Balaban J connectivity index is 2.71. The van der Waals surface area contributed by atoms with Crippen molar-refractivity contribution in [2.45, 2.75) is 32.6 Å². The van der Waals surface area contributed by atoms with Gasteiger partial charge in [0.15, 0.2) is 0 Å². The number of nitrogens with zero attached hydrogens (tertiary/aromatic N) is 1. The fraction of sp³-hybridized carbons (Fsp3) is 0.643. The van der Waals surface area contributed by atoms with E-state index in [4.69, 9.17) is 0 Å². The van der Waals surface area contributed by atoms with Gasteiger partial charge in [-0.15, -0.1) is 0 Å². The van der Waals surface area contributed by atoms with Crippen LogP contribution in [0.4, 0.5) is 5.82 Å². The van der Waals surface area contributed by atoms with Gasteiger partial charge in [-0.1, -0.05) is 27.7 Å². The van der Waals surface area contributed by atoms with Crippen molar-refractivity contribution in [1.29, 1.82) is 0 Å². The maximum Gasteiger partial charge on any atom is 0.241 e. The van der Waals surface area contributed by atoms with Crippen LogP contribution < -0.4 is 10.0 Å². The van der Waals surface area contributed by atoms with E-state index in [1.54, 1.807) is 12.1 Å². The third kappa shape index (κ3) is 4.45. The molecule has 1 aromatic rings. The van der Waals surface area contributed by atoms with E-state index in [2.05, 4.69) is 42.7 Å². The van der Waals surface area contributed by atoms with E-state index >= 15 is 0 Å². The molecule has 2 N–H and O–H groups in total. The standard InChI is InChI=1S/C14H25N3O2S/c1-10(2)13(11(3)4)9-17-14-7-6-12(8-16-14)20(18,19)15-5/h6-8,10-11,13,15H,9H2,1-5H3,(H,16,17). The molecule has 5 nitrogen and oxygen atoms in total. The maximum absolute atomic E-state index is 11.6. The molecule has 0 fully saturated rings. The lowest BCUT2D eigenvalue weighted by Crippen LogP contribution is -2.25. The van der Waals surface area contributed by atoms with Crippen LogP contribution in [0, 0.1) is 17.8 Å². The lowest BCUT2D eigenvalue weighted by Gasteiger charge is -2.25. The number of anilines is 1. The number of pyridine rings is 1. The largest absolute Gasteiger partial charge is 0.370 e. The molecule has 0 saturated carbocycles. The molecule has 0 bridgehead atoms. The van der Waals surface area contributed by atoms with Crippen LogP contribution in [0.1, 0.15) is 27.7 Å². The van der Waals surface area contributed by atoms with E-state index in [1.165, 1.54) is 13.2 Å². The summed E-state index contributed by atoms with van der Waals surface area (Å²) in [6, 6.07) is 3.25. The van der Waals surface area contributed by atoms with Gasteiger partial charge in [0.1, 0.15) is 10.7 Å². The third-order valence-electron chi connectivity index (χ3n) is 3.55. The summed E-state index contributed by atoms with van der Waals surface area (Å²) in [6.45, 7) is 9.68. The fourth-order valence-corrected chi connectivity index (χ4v) is 2.90. The Morgan fingerprint density at radius 2 is 1.75 bits per heavy atom. The molecule has 0 amide bonds. The number of hydrogen-bond acceptors (Lipinski definition) is 4. The minimum absolute atomic E-state index is 0.176. The molecule has 0 spiro atoms. The van der Waals surface area contributed by atoms with Crippen molar-refractivity contribution >= 4 is 15.8 Å². The van der Waals surface area contributed by atoms with Crippen LogP contribution in [-0.2, 0) is 10.0 Å². The highest BCUT2D eigenvalue weighted by Gasteiger charge is 2.17. The van der Waals surface area contributed by atoms with Crippen LogP contribution in [0.2, 0.25) is 0 Å². The van der Waals surface area contributed by atoms with Gasteiger partial charge < -0.3 is 5.32 Å². The minimum atomic E-state index is -3.41. The molecule has 0 atom stereocenters. The molecule has 0 aliphatic carbocycles. The number of rotatable bonds is 7. The summed E-state index contributed by atoms with van der Waals surface area (Å²) in [7, 11) is -2.03. The van der Waals surface area contributed by atoms with Crippen molar-refractivity contribution in [3.05, 3.63) is 18.3 Å². The predicted molar refractivity (Wildman–Crippen MR) is 82.1 cm³/mol. The summed E-state index contributed by atoms with van der Waals surface area (Å²) in [6.07, 6.45) is 1.37. The maximum atomic E-state index is 11.6. The molecule has 1 rings (SSSR count). The summed E-state index contributed by atoms with van der Waals surface area (Å²) in [4.78, 5) is 4.33. The molecule has 20 heavy (non-hydrogen) atoms. The minimum Gasteiger partial charge on any atom is -0.370 e. The Morgan fingerprint density at radius 3 is 2.15 bits per heavy atom. The van der Waals surface area contributed by atoms with E-state index in [0.717, 1.165) is 6.54 Å². The Bertz CT molecular complexity index is 502. The first-order valence-electron chi connectivity index (χ1n) is 6.91. The van der Waals surface area contributed by atoms with E-state index in [1.807, 2.05) is 0 Å².